The standard InChI is InChI=1S/C35H46O19/c1-14-24(42)26(44)28(46)34(49-14)54-32-27(45)25(43)15(2)50-35(32)53-31-29(47)33(48-10-9-17-4-7-19(38)21(40)12-17)51-22(13-36)30(31)52-23(41)8-5-16-3-6-18(37)20(39)11-16/h3-8,11-12,14-15,22,24-40,42-47H,9-10,13H2,1-2H3/b8-5+/t14-,15-,22+,24-,25-,26+,27+,28+,29+,30+,31+,32+,33+,34-,35-/m0/s1. The number of carbonyl (C=O) groups is 1. The molecule has 0 unspecified atom stereocenters. The number of benzene rings is 2. The summed E-state index contributed by atoms with van der Waals surface area (Å²) in [6, 6.07) is 7.86. The zero-order valence-electron chi connectivity index (χ0n) is 29.1. The summed E-state index contributed by atoms with van der Waals surface area (Å²) in [5.74, 6) is -2.58. The van der Waals surface area contributed by atoms with E-state index in [4.69, 9.17) is 33.2 Å². The first-order valence-corrected chi connectivity index (χ1v) is 17.1. The highest BCUT2D eigenvalue weighted by Crippen LogP contribution is 2.34. The lowest BCUT2D eigenvalue weighted by Crippen LogP contribution is -2.66. The van der Waals surface area contributed by atoms with Gasteiger partial charge in [-0.3, -0.25) is 0 Å². The summed E-state index contributed by atoms with van der Waals surface area (Å²) in [5.41, 5.74) is 0.833. The predicted octanol–water partition coefficient (Wildman–Crippen LogP) is -2.16. The van der Waals surface area contributed by atoms with E-state index in [2.05, 4.69) is 0 Å². The number of aromatic hydroxyl groups is 4. The zero-order chi connectivity index (χ0) is 39.4. The summed E-state index contributed by atoms with van der Waals surface area (Å²) < 4.78 is 40.5. The Labute approximate surface area is 308 Å². The minimum Gasteiger partial charge on any atom is -0.504 e. The Kier molecular flexibility index (Phi) is 13.7. The van der Waals surface area contributed by atoms with E-state index < -0.39 is 110 Å². The molecule has 3 fully saturated rings. The number of hydrogen-bond acceptors (Lipinski definition) is 19. The van der Waals surface area contributed by atoms with Crippen molar-refractivity contribution in [2.75, 3.05) is 13.2 Å². The second-order valence-corrected chi connectivity index (χ2v) is 13.2. The summed E-state index contributed by atoms with van der Waals surface area (Å²) in [4.78, 5) is 13.1. The Balaban J connectivity index is 1.40. The van der Waals surface area contributed by atoms with Gasteiger partial charge in [-0.1, -0.05) is 12.1 Å². The van der Waals surface area contributed by atoms with Crippen LogP contribution in [-0.4, -0.2) is 167 Å². The molecule has 2 aromatic carbocycles. The fourth-order valence-electron chi connectivity index (χ4n) is 6.17. The van der Waals surface area contributed by atoms with Gasteiger partial charge in [-0.2, -0.15) is 0 Å². The van der Waals surface area contributed by atoms with E-state index in [1.807, 2.05) is 0 Å². The van der Waals surface area contributed by atoms with E-state index in [0.29, 0.717) is 11.1 Å². The van der Waals surface area contributed by atoms with Crippen LogP contribution in [0.15, 0.2) is 42.5 Å². The highest BCUT2D eigenvalue weighted by Gasteiger charge is 2.54. The molecule has 300 valence electrons. The third kappa shape index (κ3) is 9.40. The third-order valence-corrected chi connectivity index (χ3v) is 9.35. The summed E-state index contributed by atoms with van der Waals surface area (Å²) in [6.45, 7) is 1.84. The van der Waals surface area contributed by atoms with Gasteiger partial charge in [0.05, 0.1) is 25.4 Å². The largest absolute Gasteiger partial charge is 0.504 e. The first-order valence-electron chi connectivity index (χ1n) is 17.1. The van der Waals surface area contributed by atoms with Gasteiger partial charge in [0.1, 0.15) is 54.9 Å². The van der Waals surface area contributed by atoms with Crippen molar-refractivity contribution in [2.24, 2.45) is 0 Å². The van der Waals surface area contributed by atoms with Crippen LogP contribution in [0.4, 0.5) is 0 Å². The van der Waals surface area contributed by atoms with Crippen LogP contribution in [0.1, 0.15) is 25.0 Å². The van der Waals surface area contributed by atoms with Gasteiger partial charge in [-0.05, 0) is 61.7 Å². The molecular formula is C35H46O19. The van der Waals surface area contributed by atoms with Crippen molar-refractivity contribution >= 4 is 12.0 Å². The fourth-order valence-corrected chi connectivity index (χ4v) is 6.17. The SMILES string of the molecule is C[C@@H]1O[C@@H](O[C@H]2[C@H](O[C@@H]3[C@@H](O)[C@H](OCCc4ccc(O)c(O)c4)O[C@H](CO)[C@H]3OC(=O)/C=C/c3ccc(O)c(O)c3)O[C@@H](C)[C@H](O)[C@H]2O)[C@H](O)[C@H](O)[C@H]1O. The molecule has 54 heavy (non-hydrogen) atoms. The molecule has 3 heterocycles. The Morgan fingerprint density at radius 2 is 1.28 bits per heavy atom. The number of rotatable bonds is 12. The smallest absolute Gasteiger partial charge is 0.331 e. The number of hydrogen-bond donors (Lipinski definition) is 11. The highest BCUT2D eigenvalue weighted by molar-refractivity contribution is 5.87. The van der Waals surface area contributed by atoms with Crippen LogP contribution in [0.5, 0.6) is 23.0 Å². The third-order valence-electron chi connectivity index (χ3n) is 9.35. The molecule has 3 saturated heterocycles. The molecule has 0 radical (unpaired) electrons. The molecule has 15 atom stereocenters. The number of aliphatic hydroxyl groups excluding tert-OH is 7. The molecule has 19 heteroatoms. The van der Waals surface area contributed by atoms with Crippen LogP contribution < -0.4 is 0 Å². The van der Waals surface area contributed by atoms with Gasteiger partial charge in [0, 0.05) is 6.08 Å². The Bertz CT molecular complexity index is 1590. The summed E-state index contributed by atoms with van der Waals surface area (Å²) in [6.07, 6.45) is -21.5. The van der Waals surface area contributed by atoms with Crippen molar-refractivity contribution in [1.29, 1.82) is 0 Å². The average Bonchev–Trinajstić information content (AvgIpc) is 3.14. The maximum Gasteiger partial charge on any atom is 0.331 e. The maximum atomic E-state index is 13.1. The van der Waals surface area contributed by atoms with Gasteiger partial charge in [0.25, 0.3) is 0 Å². The lowest BCUT2D eigenvalue weighted by atomic mass is 9.96. The Morgan fingerprint density at radius 3 is 1.93 bits per heavy atom. The summed E-state index contributed by atoms with van der Waals surface area (Å²) >= 11 is 0. The van der Waals surface area contributed by atoms with Crippen LogP contribution in [0.3, 0.4) is 0 Å². The van der Waals surface area contributed by atoms with Gasteiger partial charge in [-0.25, -0.2) is 4.79 Å². The van der Waals surface area contributed by atoms with E-state index >= 15 is 0 Å². The molecule has 11 N–H and O–H groups in total. The van der Waals surface area contributed by atoms with E-state index in [1.165, 1.54) is 56.3 Å². The number of phenols is 4. The predicted molar refractivity (Wildman–Crippen MR) is 178 cm³/mol. The Morgan fingerprint density at radius 1 is 0.667 bits per heavy atom. The van der Waals surface area contributed by atoms with E-state index in [-0.39, 0.29) is 30.3 Å². The van der Waals surface area contributed by atoms with E-state index in [1.54, 1.807) is 0 Å². The lowest BCUT2D eigenvalue weighted by Gasteiger charge is -2.48. The minimum atomic E-state index is -1.84. The zero-order valence-corrected chi connectivity index (χ0v) is 29.1. The molecule has 0 spiro atoms. The first-order chi connectivity index (χ1) is 25.6. The number of esters is 1. The normalized spacial score (nSPS) is 37.3. The van der Waals surface area contributed by atoms with Gasteiger partial charge < -0.3 is 89.3 Å². The Hall–Kier alpha value is -3.67. The van der Waals surface area contributed by atoms with E-state index in [9.17, 15) is 61.0 Å². The first kappa shape index (κ1) is 41.5. The second kappa shape index (κ2) is 17.9. The van der Waals surface area contributed by atoms with Crippen molar-refractivity contribution in [3.63, 3.8) is 0 Å². The number of phenolic OH excluding ortho intramolecular Hbond substituents is 4. The van der Waals surface area contributed by atoms with Crippen molar-refractivity contribution < 1.29 is 94.1 Å². The van der Waals surface area contributed by atoms with Gasteiger partial charge in [-0.15, -0.1) is 0 Å². The van der Waals surface area contributed by atoms with Crippen LogP contribution in [-0.2, 0) is 44.4 Å². The highest BCUT2D eigenvalue weighted by atomic mass is 16.8. The topological polar surface area (TPSA) is 304 Å². The number of carbonyl (C=O) groups excluding carboxylic acids is 1. The lowest BCUT2D eigenvalue weighted by molar-refractivity contribution is -0.385. The van der Waals surface area contributed by atoms with Gasteiger partial charge in [0.2, 0.25) is 0 Å². The quantitative estimate of drug-likeness (QED) is 0.0622. The molecule has 0 bridgehead atoms. The monoisotopic (exact) mass is 770 g/mol. The second-order valence-electron chi connectivity index (χ2n) is 13.2. The molecule has 0 saturated carbocycles. The molecular weight excluding hydrogens is 724 g/mol. The molecule has 0 aromatic heterocycles. The van der Waals surface area contributed by atoms with Crippen molar-refractivity contribution in [3.05, 3.63) is 53.6 Å². The molecule has 5 rings (SSSR count). The molecule has 19 nitrogen and oxygen atoms in total. The van der Waals surface area contributed by atoms with Crippen molar-refractivity contribution in [2.45, 2.75) is 112 Å². The number of aliphatic hydroxyl groups is 7. The van der Waals surface area contributed by atoms with Crippen LogP contribution in [0.25, 0.3) is 6.08 Å². The van der Waals surface area contributed by atoms with Crippen LogP contribution >= 0.6 is 0 Å². The fraction of sp³-hybridized carbons (Fsp3) is 0.571. The summed E-state index contributed by atoms with van der Waals surface area (Å²) in [5, 5.41) is 114. The summed E-state index contributed by atoms with van der Waals surface area (Å²) in [7, 11) is 0. The van der Waals surface area contributed by atoms with Crippen molar-refractivity contribution in [1.82, 2.24) is 0 Å². The molecule has 2 aromatic rings. The molecule has 3 aliphatic heterocycles. The van der Waals surface area contributed by atoms with Crippen LogP contribution in [0, 0.1) is 0 Å². The van der Waals surface area contributed by atoms with Crippen LogP contribution in [0.2, 0.25) is 0 Å². The average molecular weight is 771 g/mol. The molecule has 3 aliphatic rings. The van der Waals surface area contributed by atoms with Gasteiger partial charge in [0.15, 0.2) is 48.0 Å². The molecule has 0 amide bonds. The molecule has 0 aliphatic carbocycles. The minimum absolute atomic E-state index is 0.139. The van der Waals surface area contributed by atoms with E-state index in [0.717, 1.165) is 6.08 Å². The number of ether oxygens (including phenoxy) is 7. The van der Waals surface area contributed by atoms with Gasteiger partial charge >= 0.3 is 5.97 Å². The van der Waals surface area contributed by atoms with Crippen molar-refractivity contribution in [3.8, 4) is 23.0 Å². The maximum absolute atomic E-state index is 13.1.